The number of anilines is 1. The van der Waals surface area contributed by atoms with Crippen molar-refractivity contribution in [1.29, 1.82) is 0 Å². The summed E-state index contributed by atoms with van der Waals surface area (Å²) < 4.78 is 1.23. The molecular formula is C12H15N3S. The zero-order valence-electron chi connectivity index (χ0n) is 9.02. The summed E-state index contributed by atoms with van der Waals surface area (Å²) in [5.41, 5.74) is 6.84. The maximum atomic E-state index is 5.77. The molecule has 1 aromatic heterocycles. The Hall–Kier alpha value is -1.13. The molecule has 1 saturated carbocycles. The van der Waals surface area contributed by atoms with E-state index in [9.17, 15) is 0 Å². The standard InChI is InChI=1S/C12H15N3S/c13-7-10(8-5-6-8)15-12-14-9-3-1-2-4-11(9)16-12/h1-4,8,10H,5-7,13H2,(H,14,15). The summed E-state index contributed by atoms with van der Waals surface area (Å²) in [6, 6.07) is 8.62. The fourth-order valence-corrected chi connectivity index (χ4v) is 2.89. The summed E-state index contributed by atoms with van der Waals surface area (Å²) in [6.45, 7) is 0.695. The second kappa shape index (κ2) is 4.03. The second-order valence-electron chi connectivity index (χ2n) is 4.31. The first-order chi connectivity index (χ1) is 7.86. The van der Waals surface area contributed by atoms with Crippen molar-refractivity contribution in [2.45, 2.75) is 18.9 Å². The first-order valence-electron chi connectivity index (χ1n) is 5.69. The SMILES string of the molecule is NCC(Nc1nc2ccccc2s1)C1CC1. The monoisotopic (exact) mass is 233 g/mol. The van der Waals surface area contributed by atoms with E-state index in [4.69, 9.17) is 5.73 Å². The van der Waals surface area contributed by atoms with Crippen molar-refractivity contribution in [2.24, 2.45) is 11.7 Å². The Morgan fingerprint density at radius 2 is 2.25 bits per heavy atom. The lowest BCUT2D eigenvalue weighted by atomic mass is 10.2. The fourth-order valence-electron chi connectivity index (χ4n) is 1.96. The van der Waals surface area contributed by atoms with Crippen LogP contribution in [-0.4, -0.2) is 17.6 Å². The van der Waals surface area contributed by atoms with E-state index < -0.39 is 0 Å². The molecule has 0 saturated heterocycles. The molecule has 1 aliphatic rings. The number of nitrogens with two attached hydrogens (primary N) is 1. The Labute approximate surface area is 98.7 Å². The van der Waals surface area contributed by atoms with Gasteiger partial charge in [0.05, 0.1) is 10.2 Å². The Kier molecular flexibility index (Phi) is 2.53. The van der Waals surface area contributed by atoms with Crippen molar-refractivity contribution in [2.75, 3.05) is 11.9 Å². The van der Waals surface area contributed by atoms with Gasteiger partial charge in [-0.05, 0) is 30.9 Å². The molecule has 2 aromatic rings. The Balaban J connectivity index is 1.82. The molecule has 1 unspecified atom stereocenters. The van der Waals surface area contributed by atoms with Crippen molar-refractivity contribution < 1.29 is 0 Å². The molecule has 16 heavy (non-hydrogen) atoms. The summed E-state index contributed by atoms with van der Waals surface area (Å²) >= 11 is 1.71. The van der Waals surface area contributed by atoms with Crippen LogP contribution in [0.4, 0.5) is 5.13 Å². The zero-order valence-corrected chi connectivity index (χ0v) is 9.83. The van der Waals surface area contributed by atoms with E-state index in [1.807, 2.05) is 18.2 Å². The molecular weight excluding hydrogens is 218 g/mol. The van der Waals surface area contributed by atoms with Gasteiger partial charge >= 0.3 is 0 Å². The Bertz CT molecular complexity index is 457. The number of aromatic nitrogens is 1. The fraction of sp³-hybridized carbons (Fsp3) is 0.417. The van der Waals surface area contributed by atoms with E-state index in [0.29, 0.717) is 12.6 Å². The van der Waals surface area contributed by atoms with Crippen LogP contribution in [0.25, 0.3) is 10.2 Å². The first-order valence-corrected chi connectivity index (χ1v) is 6.50. The van der Waals surface area contributed by atoms with Crippen molar-refractivity contribution in [1.82, 2.24) is 4.98 Å². The Morgan fingerprint density at radius 3 is 2.94 bits per heavy atom. The lowest BCUT2D eigenvalue weighted by Crippen LogP contribution is -2.30. The van der Waals surface area contributed by atoms with Crippen molar-refractivity contribution >= 4 is 26.7 Å². The van der Waals surface area contributed by atoms with Crippen molar-refractivity contribution in [3.8, 4) is 0 Å². The quantitative estimate of drug-likeness (QED) is 0.853. The molecule has 1 fully saturated rings. The molecule has 0 radical (unpaired) electrons. The van der Waals surface area contributed by atoms with Crippen LogP contribution in [0.15, 0.2) is 24.3 Å². The van der Waals surface area contributed by atoms with E-state index in [1.165, 1.54) is 17.5 Å². The third-order valence-corrected chi connectivity index (χ3v) is 4.02. The van der Waals surface area contributed by atoms with Crippen LogP contribution in [-0.2, 0) is 0 Å². The van der Waals surface area contributed by atoms with Crippen molar-refractivity contribution in [3.05, 3.63) is 24.3 Å². The van der Waals surface area contributed by atoms with E-state index in [1.54, 1.807) is 11.3 Å². The molecule has 84 valence electrons. The van der Waals surface area contributed by atoms with Crippen molar-refractivity contribution in [3.63, 3.8) is 0 Å². The number of hydrogen-bond acceptors (Lipinski definition) is 4. The second-order valence-corrected chi connectivity index (χ2v) is 5.34. The number of hydrogen-bond donors (Lipinski definition) is 2. The van der Waals surface area contributed by atoms with Gasteiger partial charge in [0.2, 0.25) is 0 Å². The summed E-state index contributed by atoms with van der Waals surface area (Å²) in [5.74, 6) is 0.761. The maximum absolute atomic E-state index is 5.77. The Morgan fingerprint density at radius 1 is 1.44 bits per heavy atom. The summed E-state index contributed by atoms with van der Waals surface area (Å²) in [7, 11) is 0. The minimum Gasteiger partial charge on any atom is -0.357 e. The van der Waals surface area contributed by atoms with Crippen LogP contribution >= 0.6 is 11.3 Å². The van der Waals surface area contributed by atoms with Crippen LogP contribution in [0.2, 0.25) is 0 Å². The van der Waals surface area contributed by atoms with Gasteiger partial charge in [-0.1, -0.05) is 23.5 Å². The first kappa shape index (κ1) is 10.1. The highest BCUT2D eigenvalue weighted by molar-refractivity contribution is 7.22. The highest BCUT2D eigenvalue weighted by Gasteiger charge is 2.30. The smallest absolute Gasteiger partial charge is 0.184 e. The predicted molar refractivity (Wildman–Crippen MR) is 68.8 cm³/mol. The minimum absolute atomic E-state index is 0.403. The number of thiazole rings is 1. The molecule has 3 rings (SSSR count). The topological polar surface area (TPSA) is 50.9 Å². The summed E-state index contributed by atoms with van der Waals surface area (Å²) in [6.07, 6.45) is 2.61. The number of nitrogens with one attached hydrogen (secondary N) is 1. The van der Waals surface area contributed by atoms with Gasteiger partial charge in [0, 0.05) is 12.6 Å². The van der Waals surface area contributed by atoms with Crippen LogP contribution in [0.3, 0.4) is 0 Å². The van der Waals surface area contributed by atoms with Gasteiger partial charge in [0.25, 0.3) is 0 Å². The van der Waals surface area contributed by atoms with Gasteiger partial charge in [-0.3, -0.25) is 0 Å². The lowest BCUT2D eigenvalue weighted by molar-refractivity contribution is 0.645. The maximum Gasteiger partial charge on any atom is 0.184 e. The van der Waals surface area contributed by atoms with Crippen LogP contribution in [0.5, 0.6) is 0 Å². The van der Waals surface area contributed by atoms with Gasteiger partial charge < -0.3 is 11.1 Å². The molecule has 1 heterocycles. The average Bonchev–Trinajstić information content (AvgIpc) is 3.06. The predicted octanol–water partition coefficient (Wildman–Crippen LogP) is 2.45. The number of fused-ring (bicyclic) bond motifs is 1. The normalized spacial score (nSPS) is 17.6. The molecule has 3 N–H and O–H groups in total. The van der Waals surface area contributed by atoms with Gasteiger partial charge in [-0.15, -0.1) is 0 Å². The number of benzene rings is 1. The number of nitrogens with zero attached hydrogens (tertiary/aromatic N) is 1. The van der Waals surface area contributed by atoms with Crippen LogP contribution in [0, 0.1) is 5.92 Å². The molecule has 3 nitrogen and oxygen atoms in total. The number of rotatable bonds is 4. The van der Waals surface area contributed by atoms with Crippen LogP contribution in [0.1, 0.15) is 12.8 Å². The van der Waals surface area contributed by atoms with E-state index in [0.717, 1.165) is 16.6 Å². The molecule has 1 aliphatic carbocycles. The van der Waals surface area contributed by atoms with E-state index in [-0.39, 0.29) is 0 Å². The third-order valence-electron chi connectivity index (χ3n) is 3.05. The highest BCUT2D eigenvalue weighted by atomic mass is 32.1. The molecule has 1 aromatic carbocycles. The molecule has 1 atom stereocenters. The molecule has 0 amide bonds. The van der Waals surface area contributed by atoms with E-state index in [2.05, 4.69) is 16.4 Å². The largest absolute Gasteiger partial charge is 0.357 e. The third kappa shape index (κ3) is 1.90. The lowest BCUT2D eigenvalue weighted by Gasteiger charge is -2.14. The summed E-state index contributed by atoms with van der Waals surface area (Å²) in [4.78, 5) is 4.56. The van der Waals surface area contributed by atoms with Gasteiger partial charge in [-0.2, -0.15) is 0 Å². The average molecular weight is 233 g/mol. The summed E-state index contributed by atoms with van der Waals surface area (Å²) in [5, 5.41) is 4.47. The number of para-hydroxylation sites is 1. The van der Waals surface area contributed by atoms with Gasteiger partial charge in [-0.25, -0.2) is 4.98 Å². The molecule has 0 bridgehead atoms. The van der Waals surface area contributed by atoms with E-state index >= 15 is 0 Å². The minimum atomic E-state index is 0.403. The van der Waals surface area contributed by atoms with Gasteiger partial charge in [0.1, 0.15) is 0 Å². The molecule has 0 spiro atoms. The zero-order chi connectivity index (χ0) is 11.0. The van der Waals surface area contributed by atoms with Crippen LogP contribution < -0.4 is 11.1 Å². The molecule has 4 heteroatoms. The molecule has 0 aliphatic heterocycles. The highest BCUT2D eigenvalue weighted by Crippen LogP contribution is 2.35. The van der Waals surface area contributed by atoms with Gasteiger partial charge in [0.15, 0.2) is 5.13 Å².